The lowest BCUT2D eigenvalue weighted by molar-refractivity contribution is -0.186. The maximum atomic E-state index is 12.4. The molecule has 6 nitrogen and oxygen atoms in total. The molecule has 9 heteroatoms. The first-order valence-electron chi connectivity index (χ1n) is 6.18. The van der Waals surface area contributed by atoms with Gasteiger partial charge >= 0.3 is 18.1 Å². The number of rotatable bonds is 6. The highest BCUT2D eigenvalue weighted by Gasteiger charge is 2.42. The lowest BCUT2D eigenvalue weighted by Gasteiger charge is -2.30. The van der Waals surface area contributed by atoms with Crippen LogP contribution in [0.5, 0.6) is 0 Å². The molecule has 0 aromatic rings. The second-order valence-electron chi connectivity index (χ2n) is 4.39. The predicted octanol–water partition coefficient (Wildman–Crippen LogP) is 0.184. The van der Waals surface area contributed by atoms with Crippen molar-refractivity contribution in [3.63, 3.8) is 0 Å². The monoisotopic (exact) mass is 298 g/mol. The first-order chi connectivity index (χ1) is 9.30. The van der Waals surface area contributed by atoms with E-state index in [-0.39, 0.29) is 13.1 Å². The molecule has 0 aliphatic carbocycles. The largest absolute Gasteiger partial charge is 0.481 e. The number of nitrogens with zero attached hydrogens (tertiary/aromatic N) is 2. The molecule has 1 N–H and O–H groups in total. The first-order valence-corrected chi connectivity index (χ1v) is 6.18. The molecule has 1 aliphatic heterocycles. The molecule has 0 bridgehead atoms. The molecule has 1 fully saturated rings. The molecular formula is C11H17F3N2O4. The van der Waals surface area contributed by atoms with Gasteiger partial charge in [0.15, 0.2) is 0 Å². The Morgan fingerprint density at radius 1 is 1.20 bits per heavy atom. The van der Waals surface area contributed by atoms with Crippen LogP contribution in [0.1, 0.15) is 6.42 Å². The van der Waals surface area contributed by atoms with Crippen molar-refractivity contribution in [1.82, 2.24) is 9.80 Å². The molecule has 1 rings (SSSR count). The Bertz CT molecular complexity index is 343. The normalized spacial score (nSPS) is 16.9. The maximum Gasteiger partial charge on any atom is 0.471 e. The van der Waals surface area contributed by atoms with Crippen molar-refractivity contribution >= 4 is 11.9 Å². The molecule has 20 heavy (non-hydrogen) atoms. The molecule has 0 atom stereocenters. The van der Waals surface area contributed by atoms with Crippen molar-refractivity contribution in [2.24, 2.45) is 0 Å². The Labute approximate surface area is 114 Å². The smallest absolute Gasteiger partial charge is 0.471 e. The Balaban J connectivity index is 2.52. The Kier molecular flexibility index (Phi) is 6.21. The zero-order valence-electron chi connectivity index (χ0n) is 10.9. The highest BCUT2D eigenvalue weighted by atomic mass is 19.4. The predicted molar refractivity (Wildman–Crippen MR) is 62.1 cm³/mol. The summed E-state index contributed by atoms with van der Waals surface area (Å²) in [4.78, 5) is 24.1. The molecule has 1 saturated heterocycles. The van der Waals surface area contributed by atoms with Crippen LogP contribution in [0.3, 0.4) is 0 Å². The van der Waals surface area contributed by atoms with Gasteiger partial charge in [0, 0.05) is 32.7 Å². The number of carbonyl (C=O) groups excluding carboxylic acids is 1. The van der Waals surface area contributed by atoms with Gasteiger partial charge in [0.1, 0.15) is 0 Å². The lowest BCUT2D eigenvalue weighted by atomic mass is 10.3. The zero-order chi connectivity index (χ0) is 15.2. The molecule has 116 valence electrons. The van der Waals surface area contributed by atoms with E-state index in [1.807, 2.05) is 4.90 Å². The SMILES string of the molecule is O=C(O)CCN(CCN1CCOCC1)C(=O)C(F)(F)F. The summed E-state index contributed by atoms with van der Waals surface area (Å²) >= 11 is 0. The molecule has 0 unspecified atom stereocenters. The number of carboxylic acid groups (broad SMARTS) is 1. The van der Waals surface area contributed by atoms with Crippen molar-refractivity contribution in [2.45, 2.75) is 12.6 Å². The van der Waals surface area contributed by atoms with Crippen LogP contribution in [0.2, 0.25) is 0 Å². The minimum atomic E-state index is -4.98. The molecule has 1 amide bonds. The molecule has 0 spiro atoms. The molecule has 0 saturated carbocycles. The minimum absolute atomic E-state index is 0.147. The Morgan fingerprint density at radius 2 is 1.80 bits per heavy atom. The number of morpholine rings is 1. The number of carboxylic acids is 1. The van der Waals surface area contributed by atoms with Crippen molar-refractivity contribution in [3.8, 4) is 0 Å². The fourth-order valence-electron chi connectivity index (χ4n) is 1.81. The Hall–Kier alpha value is -1.35. The quantitative estimate of drug-likeness (QED) is 0.758. The van der Waals surface area contributed by atoms with Crippen LogP contribution in [0.25, 0.3) is 0 Å². The Morgan fingerprint density at radius 3 is 2.30 bits per heavy atom. The topological polar surface area (TPSA) is 70.1 Å². The summed E-state index contributed by atoms with van der Waals surface area (Å²) in [6.45, 7) is 1.86. The van der Waals surface area contributed by atoms with Gasteiger partial charge in [0.25, 0.3) is 0 Å². The van der Waals surface area contributed by atoms with E-state index in [1.165, 1.54) is 0 Å². The molecule has 1 heterocycles. The fraction of sp³-hybridized carbons (Fsp3) is 0.818. The second kappa shape index (κ2) is 7.44. The van der Waals surface area contributed by atoms with Gasteiger partial charge in [-0.25, -0.2) is 0 Å². The van der Waals surface area contributed by atoms with Gasteiger partial charge in [0.05, 0.1) is 19.6 Å². The summed E-state index contributed by atoms with van der Waals surface area (Å²) in [7, 11) is 0. The van der Waals surface area contributed by atoms with Crippen LogP contribution in [0.15, 0.2) is 0 Å². The summed E-state index contributed by atoms with van der Waals surface area (Å²) in [5, 5.41) is 8.52. The van der Waals surface area contributed by atoms with Crippen molar-refractivity contribution in [1.29, 1.82) is 0 Å². The van der Waals surface area contributed by atoms with Gasteiger partial charge in [-0.15, -0.1) is 0 Å². The summed E-state index contributed by atoms with van der Waals surface area (Å²) in [6.07, 6.45) is -5.49. The van der Waals surface area contributed by atoms with Crippen molar-refractivity contribution in [2.75, 3.05) is 45.9 Å². The minimum Gasteiger partial charge on any atom is -0.481 e. The summed E-state index contributed by atoms with van der Waals surface area (Å²) in [5.74, 6) is -3.23. The van der Waals surface area contributed by atoms with E-state index in [9.17, 15) is 22.8 Å². The lowest BCUT2D eigenvalue weighted by Crippen LogP contribution is -2.47. The van der Waals surface area contributed by atoms with Gasteiger partial charge in [-0.1, -0.05) is 0 Å². The van der Waals surface area contributed by atoms with Crippen LogP contribution < -0.4 is 0 Å². The van der Waals surface area contributed by atoms with Gasteiger partial charge < -0.3 is 14.7 Å². The van der Waals surface area contributed by atoms with Crippen LogP contribution >= 0.6 is 0 Å². The van der Waals surface area contributed by atoms with Crippen molar-refractivity contribution < 1.29 is 32.6 Å². The third-order valence-corrected chi connectivity index (χ3v) is 2.92. The first kappa shape index (κ1) is 16.7. The number of carbonyl (C=O) groups is 2. The van der Waals surface area contributed by atoms with Gasteiger partial charge in [-0.2, -0.15) is 13.2 Å². The van der Waals surface area contributed by atoms with Crippen LogP contribution in [-0.2, 0) is 14.3 Å². The van der Waals surface area contributed by atoms with E-state index in [1.54, 1.807) is 0 Å². The average molecular weight is 298 g/mol. The number of amides is 1. The zero-order valence-corrected chi connectivity index (χ0v) is 10.9. The number of hydrogen-bond donors (Lipinski definition) is 1. The number of ether oxygens (including phenoxy) is 1. The number of hydrogen-bond acceptors (Lipinski definition) is 4. The van der Waals surface area contributed by atoms with E-state index in [0.717, 1.165) is 0 Å². The standard InChI is InChI=1S/C11H17F3N2O4/c12-11(13,14)10(19)16(2-1-9(17)18)4-3-15-5-7-20-8-6-15/h1-8H2,(H,17,18). The molecule has 1 aliphatic rings. The highest BCUT2D eigenvalue weighted by Crippen LogP contribution is 2.18. The molecular weight excluding hydrogens is 281 g/mol. The van der Waals surface area contributed by atoms with Crippen LogP contribution in [0, 0.1) is 0 Å². The number of aliphatic carboxylic acids is 1. The number of alkyl halides is 3. The average Bonchev–Trinajstić information content (AvgIpc) is 2.38. The second-order valence-corrected chi connectivity index (χ2v) is 4.39. The van der Waals surface area contributed by atoms with Crippen LogP contribution in [-0.4, -0.2) is 78.9 Å². The number of halogens is 3. The summed E-state index contributed by atoms with van der Waals surface area (Å²) in [6, 6.07) is 0. The van der Waals surface area contributed by atoms with Gasteiger partial charge in [0.2, 0.25) is 0 Å². The van der Waals surface area contributed by atoms with E-state index >= 15 is 0 Å². The third kappa shape index (κ3) is 5.74. The van der Waals surface area contributed by atoms with Crippen molar-refractivity contribution in [3.05, 3.63) is 0 Å². The molecule has 0 aromatic carbocycles. The summed E-state index contributed by atoms with van der Waals surface area (Å²) in [5.41, 5.74) is 0. The molecule has 0 aromatic heterocycles. The molecule has 0 radical (unpaired) electrons. The maximum absolute atomic E-state index is 12.4. The fourth-order valence-corrected chi connectivity index (χ4v) is 1.81. The van der Waals surface area contributed by atoms with Crippen LogP contribution in [0.4, 0.5) is 13.2 Å². The third-order valence-electron chi connectivity index (χ3n) is 2.92. The highest BCUT2D eigenvalue weighted by molar-refractivity contribution is 5.82. The van der Waals surface area contributed by atoms with E-state index < -0.39 is 31.0 Å². The van der Waals surface area contributed by atoms with Gasteiger partial charge in [-0.3, -0.25) is 14.5 Å². The van der Waals surface area contributed by atoms with E-state index in [2.05, 4.69) is 0 Å². The van der Waals surface area contributed by atoms with Gasteiger partial charge in [-0.05, 0) is 0 Å². The van der Waals surface area contributed by atoms with E-state index in [4.69, 9.17) is 9.84 Å². The summed E-state index contributed by atoms with van der Waals surface area (Å²) < 4.78 is 42.4. The van der Waals surface area contributed by atoms with E-state index in [0.29, 0.717) is 31.2 Å².